The minimum absolute atomic E-state index is 0.119. The number of hydrogen-bond donors (Lipinski definition) is 1. The SMILES string of the molecule is Cc1ccc(OCC(=O)N/N=C\c2cccc(OC(=O)c3ccc([N+](=O)[O-])cc3)c2)cc1. The second-order valence-corrected chi connectivity index (χ2v) is 6.66. The van der Waals surface area contributed by atoms with Crippen LogP contribution in [0.5, 0.6) is 11.5 Å². The molecule has 9 nitrogen and oxygen atoms in total. The number of non-ortho nitro benzene ring substituents is 1. The van der Waals surface area contributed by atoms with Gasteiger partial charge in [-0.3, -0.25) is 14.9 Å². The van der Waals surface area contributed by atoms with Gasteiger partial charge in [-0.05, 0) is 48.9 Å². The molecule has 3 aromatic carbocycles. The summed E-state index contributed by atoms with van der Waals surface area (Å²) in [6.45, 7) is 1.77. The molecule has 0 radical (unpaired) electrons. The minimum atomic E-state index is -0.657. The minimum Gasteiger partial charge on any atom is -0.484 e. The van der Waals surface area contributed by atoms with Crippen molar-refractivity contribution in [1.29, 1.82) is 0 Å². The van der Waals surface area contributed by atoms with Gasteiger partial charge in [0.1, 0.15) is 11.5 Å². The molecule has 1 N–H and O–H groups in total. The molecule has 0 aromatic heterocycles. The lowest BCUT2D eigenvalue weighted by Gasteiger charge is -2.06. The van der Waals surface area contributed by atoms with Gasteiger partial charge >= 0.3 is 5.97 Å². The summed E-state index contributed by atoms with van der Waals surface area (Å²) < 4.78 is 10.7. The van der Waals surface area contributed by atoms with Crippen molar-refractivity contribution in [2.24, 2.45) is 5.10 Å². The summed E-state index contributed by atoms with van der Waals surface area (Å²) in [5.74, 6) is -0.248. The molecule has 0 heterocycles. The van der Waals surface area contributed by atoms with Gasteiger partial charge in [-0.2, -0.15) is 5.10 Å². The third-order valence-electron chi connectivity index (χ3n) is 4.18. The highest BCUT2D eigenvalue weighted by molar-refractivity contribution is 5.91. The number of aryl methyl sites for hydroxylation is 1. The summed E-state index contributed by atoms with van der Waals surface area (Å²) >= 11 is 0. The Morgan fingerprint density at radius 1 is 1.03 bits per heavy atom. The van der Waals surface area contributed by atoms with Gasteiger partial charge in [-0.25, -0.2) is 10.2 Å². The van der Waals surface area contributed by atoms with Crippen molar-refractivity contribution in [3.05, 3.63) is 99.6 Å². The summed E-state index contributed by atoms with van der Waals surface area (Å²) in [6.07, 6.45) is 1.40. The van der Waals surface area contributed by atoms with Crippen LogP contribution in [0.15, 0.2) is 77.9 Å². The van der Waals surface area contributed by atoms with Crippen LogP contribution in [0, 0.1) is 17.0 Å². The third-order valence-corrected chi connectivity index (χ3v) is 4.18. The standard InChI is InChI=1S/C23H19N3O6/c1-16-5-11-20(12-6-16)31-15-22(27)25-24-14-17-3-2-4-21(13-17)32-23(28)18-7-9-19(10-8-18)26(29)30/h2-14H,15H2,1H3,(H,25,27)/b24-14-. The van der Waals surface area contributed by atoms with Gasteiger partial charge in [0.25, 0.3) is 11.6 Å². The van der Waals surface area contributed by atoms with Crippen LogP contribution in [0.4, 0.5) is 5.69 Å². The van der Waals surface area contributed by atoms with Gasteiger partial charge < -0.3 is 9.47 Å². The van der Waals surface area contributed by atoms with Crippen molar-refractivity contribution >= 4 is 23.8 Å². The zero-order valence-corrected chi connectivity index (χ0v) is 17.1. The summed E-state index contributed by atoms with van der Waals surface area (Å²) in [5, 5.41) is 14.6. The maximum Gasteiger partial charge on any atom is 0.343 e. The molecule has 0 aliphatic heterocycles. The summed E-state index contributed by atoms with van der Waals surface area (Å²) in [5.41, 5.74) is 4.09. The first-order valence-electron chi connectivity index (χ1n) is 9.49. The highest BCUT2D eigenvalue weighted by atomic mass is 16.6. The average Bonchev–Trinajstić information content (AvgIpc) is 2.79. The van der Waals surface area contributed by atoms with Gasteiger partial charge in [-0.1, -0.05) is 29.8 Å². The Bertz CT molecular complexity index is 1140. The first-order valence-corrected chi connectivity index (χ1v) is 9.49. The predicted molar refractivity (Wildman–Crippen MR) is 117 cm³/mol. The van der Waals surface area contributed by atoms with E-state index in [0.717, 1.165) is 5.56 Å². The van der Waals surface area contributed by atoms with Crippen molar-refractivity contribution in [3.8, 4) is 11.5 Å². The molecule has 3 rings (SSSR count). The Morgan fingerprint density at radius 2 is 1.75 bits per heavy atom. The number of carbonyl (C=O) groups excluding carboxylic acids is 2. The molecule has 0 saturated heterocycles. The molecular formula is C23H19N3O6. The topological polar surface area (TPSA) is 120 Å². The van der Waals surface area contributed by atoms with Crippen molar-refractivity contribution < 1.29 is 24.0 Å². The average molecular weight is 433 g/mol. The monoisotopic (exact) mass is 433 g/mol. The lowest BCUT2D eigenvalue weighted by Crippen LogP contribution is -2.24. The Hall–Kier alpha value is -4.53. The molecule has 9 heteroatoms. The number of rotatable bonds is 8. The molecule has 0 unspecified atom stereocenters. The molecule has 1 amide bonds. The largest absolute Gasteiger partial charge is 0.484 e. The van der Waals surface area contributed by atoms with Crippen LogP contribution in [0.25, 0.3) is 0 Å². The molecule has 0 atom stereocenters. The Labute approximate surface area is 183 Å². The first-order chi connectivity index (χ1) is 15.4. The number of nitro groups is 1. The van der Waals surface area contributed by atoms with E-state index in [1.165, 1.54) is 30.5 Å². The van der Waals surface area contributed by atoms with E-state index in [1.54, 1.807) is 36.4 Å². The fourth-order valence-electron chi connectivity index (χ4n) is 2.54. The van der Waals surface area contributed by atoms with Gasteiger partial charge in [0, 0.05) is 12.1 Å². The number of benzene rings is 3. The third kappa shape index (κ3) is 6.49. The smallest absolute Gasteiger partial charge is 0.343 e. The zero-order valence-electron chi connectivity index (χ0n) is 17.1. The second-order valence-electron chi connectivity index (χ2n) is 6.66. The number of amides is 1. The van der Waals surface area contributed by atoms with E-state index < -0.39 is 16.8 Å². The Kier molecular flexibility index (Phi) is 7.26. The van der Waals surface area contributed by atoms with Crippen LogP contribution in [0.2, 0.25) is 0 Å². The fraction of sp³-hybridized carbons (Fsp3) is 0.0870. The van der Waals surface area contributed by atoms with E-state index in [4.69, 9.17) is 9.47 Å². The van der Waals surface area contributed by atoms with Crippen LogP contribution in [0.1, 0.15) is 21.5 Å². The van der Waals surface area contributed by atoms with Crippen LogP contribution < -0.4 is 14.9 Å². The number of nitrogens with zero attached hydrogens (tertiary/aromatic N) is 2. The van der Waals surface area contributed by atoms with E-state index in [1.807, 2.05) is 19.1 Å². The molecule has 32 heavy (non-hydrogen) atoms. The highest BCUT2D eigenvalue weighted by Crippen LogP contribution is 2.17. The van der Waals surface area contributed by atoms with Crippen molar-refractivity contribution in [2.75, 3.05) is 6.61 Å². The quantitative estimate of drug-likeness (QED) is 0.190. The highest BCUT2D eigenvalue weighted by Gasteiger charge is 2.11. The summed E-state index contributed by atoms with van der Waals surface area (Å²) in [6, 6.07) is 18.9. The predicted octanol–water partition coefficient (Wildman–Crippen LogP) is 3.65. The molecule has 0 fully saturated rings. The maximum absolute atomic E-state index is 12.2. The normalized spacial score (nSPS) is 10.5. The number of hydrazone groups is 1. The number of hydrogen-bond acceptors (Lipinski definition) is 7. The summed E-state index contributed by atoms with van der Waals surface area (Å²) in [4.78, 5) is 34.2. The molecular weight excluding hydrogens is 414 g/mol. The molecule has 0 saturated carbocycles. The molecule has 162 valence electrons. The van der Waals surface area contributed by atoms with Gasteiger partial charge in [0.2, 0.25) is 0 Å². The zero-order chi connectivity index (χ0) is 22.9. The number of carbonyl (C=O) groups is 2. The van der Waals surface area contributed by atoms with Gasteiger partial charge in [0.05, 0.1) is 16.7 Å². The van der Waals surface area contributed by atoms with Crippen LogP contribution in [0.3, 0.4) is 0 Å². The molecule has 0 aliphatic rings. The fourth-order valence-corrected chi connectivity index (χ4v) is 2.54. The van der Waals surface area contributed by atoms with Crippen LogP contribution in [-0.2, 0) is 4.79 Å². The lowest BCUT2D eigenvalue weighted by molar-refractivity contribution is -0.384. The van der Waals surface area contributed by atoms with E-state index in [-0.39, 0.29) is 23.6 Å². The van der Waals surface area contributed by atoms with Crippen molar-refractivity contribution in [3.63, 3.8) is 0 Å². The van der Waals surface area contributed by atoms with Crippen molar-refractivity contribution in [2.45, 2.75) is 6.92 Å². The molecule has 0 aliphatic carbocycles. The maximum atomic E-state index is 12.2. The number of nitrogens with one attached hydrogen (secondary N) is 1. The van der Waals surface area contributed by atoms with Gasteiger partial charge in [-0.15, -0.1) is 0 Å². The van der Waals surface area contributed by atoms with E-state index in [2.05, 4.69) is 10.5 Å². The van der Waals surface area contributed by atoms with Crippen molar-refractivity contribution in [1.82, 2.24) is 5.43 Å². The van der Waals surface area contributed by atoms with Crippen LogP contribution >= 0.6 is 0 Å². The Morgan fingerprint density at radius 3 is 2.44 bits per heavy atom. The van der Waals surface area contributed by atoms with E-state index >= 15 is 0 Å². The number of esters is 1. The molecule has 0 spiro atoms. The number of ether oxygens (including phenoxy) is 2. The van der Waals surface area contributed by atoms with Gasteiger partial charge in [0.15, 0.2) is 6.61 Å². The number of nitro benzene ring substituents is 1. The second kappa shape index (κ2) is 10.5. The molecule has 0 bridgehead atoms. The lowest BCUT2D eigenvalue weighted by atomic mass is 10.2. The van der Waals surface area contributed by atoms with Crippen LogP contribution in [-0.4, -0.2) is 29.6 Å². The molecule has 3 aromatic rings. The summed E-state index contributed by atoms with van der Waals surface area (Å²) in [7, 11) is 0. The van der Waals surface area contributed by atoms with E-state index in [0.29, 0.717) is 11.3 Å². The Balaban J connectivity index is 1.51. The van der Waals surface area contributed by atoms with E-state index in [9.17, 15) is 19.7 Å². The first kappa shape index (κ1) is 22.2.